The molecule has 4 heteroatoms. The molecule has 2 aromatic rings. The Morgan fingerprint density at radius 1 is 0.447 bits per heavy atom. The zero-order chi connectivity index (χ0) is 35.1. The van der Waals surface area contributed by atoms with E-state index < -0.39 is 30.8 Å². The Balaban J connectivity index is 2.61. The van der Waals surface area contributed by atoms with Gasteiger partial charge in [-0.15, -0.1) is 0 Å². The topological polar surface area (TPSA) is 80.9 Å². The van der Waals surface area contributed by atoms with Gasteiger partial charge in [0.1, 0.15) is 5.60 Å². The Bertz CT molecular complexity index is 1080. The largest absolute Gasteiger partial charge is 0.395 e. The molecule has 2 rings (SSSR count). The van der Waals surface area contributed by atoms with E-state index in [4.69, 9.17) is 0 Å². The van der Waals surface area contributed by atoms with E-state index in [-0.39, 0.29) is 10.8 Å². The number of hydrogen-bond donors (Lipinski definition) is 4. The van der Waals surface area contributed by atoms with Gasteiger partial charge in [-0.3, -0.25) is 0 Å². The van der Waals surface area contributed by atoms with Gasteiger partial charge in [0.2, 0.25) is 0 Å². The molecule has 4 N–H and O–H groups in total. The molecule has 0 fully saturated rings. The minimum absolute atomic E-state index is 0.329. The van der Waals surface area contributed by atoms with Crippen molar-refractivity contribution in [2.24, 2.45) is 5.41 Å². The fourth-order valence-electron chi connectivity index (χ4n) is 7.15. The quantitative estimate of drug-likeness (QED) is 0.0955. The van der Waals surface area contributed by atoms with Crippen LogP contribution in [-0.2, 0) is 29.3 Å². The molecule has 0 radical (unpaired) electrons. The van der Waals surface area contributed by atoms with Gasteiger partial charge in [-0.25, -0.2) is 0 Å². The van der Waals surface area contributed by atoms with Gasteiger partial charge in [-0.1, -0.05) is 169 Å². The molecule has 0 bridgehead atoms. The van der Waals surface area contributed by atoms with E-state index in [0.29, 0.717) is 11.1 Å². The van der Waals surface area contributed by atoms with Crippen molar-refractivity contribution in [2.75, 3.05) is 19.8 Å². The van der Waals surface area contributed by atoms with Crippen molar-refractivity contribution in [1.82, 2.24) is 0 Å². The number of aliphatic hydroxyl groups is 4. The molecule has 0 saturated carbocycles. The molecule has 268 valence electrons. The zero-order valence-corrected chi connectivity index (χ0v) is 31.7. The Hall–Kier alpha value is -1.72. The summed E-state index contributed by atoms with van der Waals surface area (Å²) in [5.41, 5.74) is 1.62. The highest BCUT2D eigenvalue weighted by atomic mass is 16.3. The molecule has 0 aliphatic rings. The highest BCUT2D eigenvalue weighted by Crippen LogP contribution is 2.51. The molecule has 4 nitrogen and oxygen atoms in total. The summed E-state index contributed by atoms with van der Waals surface area (Å²) in [6.45, 7) is 15.7. The lowest BCUT2D eigenvalue weighted by Crippen LogP contribution is -2.55. The van der Waals surface area contributed by atoms with Crippen LogP contribution in [0.4, 0.5) is 0 Å². The maximum Gasteiger partial charge on any atom is 0.127 e. The Morgan fingerprint density at radius 3 is 1.06 bits per heavy atom. The van der Waals surface area contributed by atoms with Gasteiger partial charge in [0.05, 0.1) is 25.2 Å². The maximum atomic E-state index is 13.3. The monoisotopic (exact) mass is 653 g/mol. The lowest BCUT2D eigenvalue weighted by Gasteiger charge is -2.48. The second kappa shape index (κ2) is 19.5. The number of aryl methyl sites for hydroxylation is 2. The maximum absolute atomic E-state index is 13.3. The fraction of sp³-hybridized carbons (Fsp3) is 0.721. The van der Waals surface area contributed by atoms with Crippen LogP contribution in [0.25, 0.3) is 0 Å². The number of rotatable bonds is 22. The molecule has 0 unspecified atom stereocenters. The zero-order valence-electron chi connectivity index (χ0n) is 31.7. The van der Waals surface area contributed by atoms with E-state index in [0.717, 1.165) is 36.8 Å². The Morgan fingerprint density at radius 2 is 0.766 bits per heavy atom. The Kier molecular flexibility index (Phi) is 17.2. The summed E-state index contributed by atoms with van der Waals surface area (Å²) in [6.07, 6.45) is 19.5. The number of aliphatic hydroxyl groups excluding tert-OH is 3. The van der Waals surface area contributed by atoms with Crippen molar-refractivity contribution in [1.29, 1.82) is 0 Å². The normalized spacial score (nSPS) is 13.0. The highest BCUT2D eigenvalue weighted by molar-refractivity contribution is 5.52. The van der Waals surface area contributed by atoms with Crippen LogP contribution in [0.3, 0.4) is 0 Å². The van der Waals surface area contributed by atoms with Crippen LogP contribution in [0, 0.1) is 5.41 Å². The summed E-state index contributed by atoms with van der Waals surface area (Å²) in [7, 11) is 0. The average Bonchev–Trinajstić information content (AvgIpc) is 3.04. The van der Waals surface area contributed by atoms with E-state index in [2.05, 4.69) is 79.7 Å². The minimum atomic E-state index is -1.84. The first-order valence-electron chi connectivity index (χ1n) is 19.1. The third kappa shape index (κ3) is 11.1. The predicted molar refractivity (Wildman–Crippen MR) is 200 cm³/mol. The molecule has 0 heterocycles. The molecular weight excluding hydrogens is 580 g/mol. The first-order valence-corrected chi connectivity index (χ1v) is 19.1. The van der Waals surface area contributed by atoms with Gasteiger partial charge >= 0.3 is 0 Å². The third-order valence-corrected chi connectivity index (χ3v) is 10.4. The smallest absolute Gasteiger partial charge is 0.127 e. The summed E-state index contributed by atoms with van der Waals surface area (Å²) < 4.78 is 0. The van der Waals surface area contributed by atoms with Crippen molar-refractivity contribution < 1.29 is 20.4 Å². The molecular formula is C43H72O4. The SMILES string of the molecule is CCCCCCCCCc1ccc(C(O)(c2ccc(CCCCCCCCC)cc2C(C)(C)C)C(CO)(CO)CO)c(C(C)(C)C)c1. The number of benzene rings is 2. The molecule has 0 aromatic heterocycles. The predicted octanol–water partition coefficient (Wildman–Crippen LogP) is 10.1. The Labute approximate surface area is 289 Å². The van der Waals surface area contributed by atoms with Crippen molar-refractivity contribution in [3.05, 3.63) is 69.8 Å². The summed E-state index contributed by atoms with van der Waals surface area (Å²) in [5, 5.41) is 46.0. The fourth-order valence-corrected chi connectivity index (χ4v) is 7.15. The van der Waals surface area contributed by atoms with Crippen LogP contribution in [0.5, 0.6) is 0 Å². The van der Waals surface area contributed by atoms with Crippen molar-refractivity contribution in [3.8, 4) is 0 Å². The van der Waals surface area contributed by atoms with Crippen molar-refractivity contribution >= 4 is 0 Å². The third-order valence-electron chi connectivity index (χ3n) is 10.4. The molecule has 47 heavy (non-hydrogen) atoms. The summed E-state index contributed by atoms with van der Waals surface area (Å²) in [4.78, 5) is 0. The molecule has 0 aliphatic heterocycles. The van der Waals surface area contributed by atoms with Crippen LogP contribution in [-0.4, -0.2) is 40.2 Å². The van der Waals surface area contributed by atoms with Crippen molar-refractivity contribution in [2.45, 2.75) is 175 Å². The van der Waals surface area contributed by atoms with Gasteiger partial charge in [0.15, 0.2) is 0 Å². The lowest BCUT2D eigenvalue weighted by atomic mass is 9.60. The van der Waals surface area contributed by atoms with E-state index in [1.165, 1.54) is 88.2 Å². The van der Waals surface area contributed by atoms with Gasteiger partial charge < -0.3 is 20.4 Å². The first-order chi connectivity index (χ1) is 22.3. The molecule has 2 aromatic carbocycles. The van der Waals surface area contributed by atoms with Gasteiger partial charge in [-0.05, 0) is 69.9 Å². The lowest BCUT2D eigenvalue weighted by molar-refractivity contribution is -0.137. The summed E-state index contributed by atoms with van der Waals surface area (Å²) >= 11 is 0. The van der Waals surface area contributed by atoms with E-state index >= 15 is 0 Å². The molecule has 0 amide bonds. The summed E-state index contributed by atoms with van der Waals surface area (Å²) in [5.74, 6) is 0. The van der Waals surface area contributed by atoms with E-state index in [1.807, 2.05) is 12.1 Å². The van der Waals surface area contributed by atoms with E-state index in [9.17, 15) is 20.4 Å². The average molecular weight is 653 g/mol. The number of hydrogen-bond acceptors (Lipinski definition) is 4. The van der Waals surface area contributed by atoms with E-state index in [1.54, 1.807) is 0 Å². The van der Waals surface area contributed by atoms with Crippen LogP contribution < -0.4 is 0 Å². The first kappa shape index (κ1) is 41.5. The van der Waals surface area contributed by atoms with Gasteiger partial charge in [0.25, 0.3) is 0 Å². The van der Waals surface area contributed by atoms with Gasteiger partial charge in [-0.2, -0.15) is 0 Å². The molecule has 0 saturated heterocycles. The molecule has 0 atom stereocenters. The van der Waals surface area contributed by atoms with Crippen LogP contribution in [0.15, 0.2) is 36.4 Å². The van der Waals surface area contributed by atoms with Crippen molar-refractivity contribution in [3.63, 3.8) is 0 Å². The summed E-state index contributed by atoms with van der Waals surface area (Å²) in [6, 6.07) is 12.7. The van der Waals surface area contributed by atoms with Crippen LogP contribution in [0.1, 0.15) is 179 Å². The second-order valence-electron chi connectivity index (χ2n) is 16.5. The molecule has 0 aliphatic carbocycles. The van der Waals surface area contributed by atoms with Gasteiger partial charge in [0, 0.05) is 0 Å². The number of unbranched alkanes of at least 4 members (excludes halogenated alkanes) is 12. The van der Waals surface area contributed by atoms with Crippen LogP contribution >= 0.6 is 0 Å². The minimum Gasteiger partial charge on any atom is -0.395 e. The molecule has 0 spiro atoms. The second-order valence-corrected chi connectivity index (χ2v) is 16.5. The standard InChI is InChI=1S/C43H72O4/c1-9-11-13-15-17-19-21-23-34-25-27-36(38(29-34)40(3,4)5)43(47,42(31-44,32-45)33-46)37-28-26-35(30-39(37)41(6,7)8)24-22-20-18-16-14-12-10-2/h25-30,44-47H,9-24,31-33H2,1-8H3. The highest BCUT2D eigenvalue weighted by Gasteiger charge is 2.55. The van der Waals surface area contributed by atoms with Crippen LogP contribution in [0.2, 0.25) is 0 Å².